The van der Waals surface area contributed by atoms with Crippen LogP contribution in [-0.4, -0.2) is 28.8 Å². The number of carboxylic acids is 1. The van der Waals surface area contributed by atoms with Crippen molar-refractivity contribution >= 4 is 49.5 Å². The number of carbonyl (C=O) groups is 1. The maximum absolute atomic E-state index is 14.3. The summed E-state index contributed by atoms with van der Waals surface area (Å²) in [6.07, 6.45) is -4.79. The summed E-state index contributed by atoms with van der Waals surface area (Å²) in [5, 5.41) is 11.0. The third-order valence-electron chi connectivity index (χ3n) is 5.60. The van der Waals surface area contributed by atoms with Crippen molar-refractivity contribution in [1.29, 1.82) is 0 Å². The number of hydrogen-bond acceptors (Lipinski definition) is 4. The Labute approximate surface area is 205 Å². The molecule has 35 heavy (non-hydrogen) atoms. The average Bonchev–Trinajstić information content (AvgIpc) is 3.13. The van der Waals surface area contributed by atoms with E-state index in [0.717, 1.165) is 20.7 Å². The summed E-state index contributed by atoms with van der Waals surface area (Å²) in [6, 6.07) is 19.2. The van der Waals surface area contributed by atoms with Gasteiger partial charge in [-0.25, -0.2) is 4.79 Å². The first-order valence-corrected chi connectivity index (χ1v) is 13.4. The number of halogens is 3. The molecule has 0 saturated heterocycles. The Bertz CT molecular complexity index is 1420. The fourth-order valence-corrected chi connectivity index (χ4v) is 7.40. The van der Waals surface area contributed by atoms with Crippen LogP contribution in [0.5, 0.6) is 5.75 Å². The zero-order valence-electron chi connectivity index (χ0n) is 18.7. The molecule has 0 aliphatic carbocycles. The minimum absolute atomic E-state index is 0.0820. The lowest BCUT2D eigenvalue weighted by Gasteiger charge is -2.36. The van der Waals surface area contributed by atoms with Gasteiger partial charge in [-0.2, -0.15) is 0 Å². The summed E-state index contributed by atoms with van der Waals surface area (Å²) in [6.45, 7) is 2.10. The Hall–Kier alpha value is -3.31. The summed E-state index contributed by atoms with van der Waals surface area (Å²) >= 11 is 1.48. The van der Waals surface area contributed by atoms with E-state index in [9.17, 15) is 27.3 Å². The third kappa shape index (κ3) is 5.36. The van der Waals surface area contributed by atoms with Crippen molar-refractivity contribution in [1.82, 2.24) is 0 Å². The Morgan fingerprint density at radius 2 is 1.69 bits per heavy atom. The van der Waals surface area contributed by atoms with Crippen molar-refractivity contribution in [3.63, 3.8) is 0 Å². The number of thiophene rings is 1. The van der Waals surface area contributed by atoms with Gasteiger partial charge < -0.3 is 14.1 Å². The van der Waals surface area contributed by atoms with E-state index >= 15 is 0 Å². The molecule has 4 aromatic rings. The number of ether oxygens (including phenoxy) is 1. The van der Waals surface area contributed by atoms with Crippen molar-refractivity contribution in [2.45, 2.75) is 24.7 Å². The standard InChI is InChI=1S/C24H21BF3NO4S2/c1-15-20-4-2-3-5-21(20)34-22(15)29(14-16-6-10-18(11-7-16)33-24(26,27)28)35(25,32)19-12-8-17(9-13-19)23(30)31/h2-13,35H,14,25H2,1H3,(H,30,31). The van der Waals surface area contributed by atoms with Gasteiger partial charge in [0.2, 0.25) is 7.12 Å². The van der Waals surface area contributed by atoms with Gasteiger partial charge in [0.1, 0.15) is 10.8 Å². The molecule has 1 aromatic heterocycles. The van der Waals surface area contributed by atoms with Crippen molar-refractivity contribution < 1.29 is 32.0 Å². The second kappa shape index (κ2) is 9.39. The first kappa shape index (κ1) is 24.8. The molecule has 0 aliphatic heterocycles. The maximum Gasteiger partial charge on any atom is 0.573 e. The number of hydrogen-bond donors (Lipinski definition) is 2. The van der Waals surface area contributed by atoms with Gasteiger partial charge in [-0.3, -0.25) is 4.21 Å². The molecule has 1 heterocycles. The summed E-state index contributed by atoms with van der Waals surface area (Å²) in [7, 11) is -1.68. The molecule has 0 bridgehead atoms. The van der Waals surface area contributed by atoms with Gasteiger partial charge in [0.15, 0.2) is 0 Å². The van der Waals surface area contributed by atoms with Gasteiger partial charge in [-0.1, -0.05) is 40.3 Å². The molecular formula is C24H21BF3NO4S2. The smallest absolute Gasteiger partial charge is 0.478 e. The minimum atomic E-state index is -4.79. The predicted molar refractivity (Wildman–Crippen MR) is 136 cm³/mol. The Morgan fingerprint density at radius 1 is 1.06 bits per heavy atom. The average molecular weight is 519 g/mol. The number of rotatable bonds is 7. The van der Waals surface area contributed by atoms with Crippen LogP contribution >= 0.6 is 11.3 Å². The molecule has 182 valence electrons. The lowest BCUT2D eigenvalue weighted by atomic mass is 10.2. The van der Waals surface area contributed by atoms with Crippen LogP contribution in [0.4, 0.5) is 18.2 Å². The SMILES string of the molecule is B[SH](=O)(c1ccc(C(=O)O)cc1)N(Cc1ccc(OC(F)(F)F)cc1)c1sc2ccccc2c1C. The molecule has 0 fully saturated rings. The highest BCUT2D eigenvalue weighted by atomic mass is 32.2. The van der Waals surface area contributed by atoms with Crippen LogP contribution in [0.15, 0.2) is 77.7 Å². The topological polar surface area (TPSA) is 66.8 Å². The van der Waals surface area contributed by atoms with Crippen molar-refractivity contribution in [3.05, 3.63) is 89.5 Å². The highest BCUT2D eigenvalue weighted by molar-refractivity contribution is 8.23. The van der Waals surface area contributed by atoms with E-state index in [-0.39, 0.29) is 17.9 Å². The lowest BCUT2D eigenvalue weighted by molar-refractivity contribution is -0.274. The highest BCUT2D eigenvalue weighted by Gasteiger charge is 2.31. The third-order valence-corrected chi connectivity index (χ3v) is 9.55. The zero-order valence-corrected chi connectivity index (χ0v) is 20.5. The fraction of sp³-hybridized carbons (Fsp3) is 0.125. The zero-order chi connectivity index (χ0) is 25.4. The van der Waals surface area contributed by atoms with Gasteiger partial charge in [0.25, 0.3) is 0 Å². The summed E-state index contributed by atoms with van der Waals surface area (Å²) in [4.78, 5) is 11.7. The molecule has 0 amide bonds. The second-order valence-electron chi connectivity index (χ2n) is 8.01. The van der Waals surface area contributed by atoms with Gasteiger partial charge in [-0.15, -0.1) is 24.5 Å². The molecular weight excluding hydrogens is 498 g/mol. The lowest BCUT2D eigenvalue weighted by Crippen LogP contribution is -2.36. The minimum Gasteiger partial charge on any atom is -0.478 e. The largest absolute Gasteiger partial charge is 0.573 e. The molecule has 0 aliphatic rings. The Morgan fingerprint density at radius 3 is 2.26 bits per heavy atom. The van der Waals surface area contributed by atoms with Crippen LogP contribution in [-0.2, 0) is 16.5 Å². The number of aryl methyl sites for hydroxylation is 1. The number of nitrogens with zero attached hydrogens (tertiary/aromatic N) is 1. The first-order chi connectivity index (χ1) is 16.5. The van der Waals surface area contributed by atoms with E-state index in [1.54, 1.807) is 23.6 Å². The number of anilines is 1. The number of fused-ring (bicyclic) bond motifs is 1. The number of carboxylic acid groups (broad SMARTS) is 1. The number of alkyl halides is 3. The van der Waals surface area contributed by atoms with Gasteiger partial charge in [0, 0.05) is 9.60 Å². The van der Waals surface area contributed by atoms with Crippen LogP contribution in [0.1, 0.15) is 21.5 Å². The molecule has 11 heteroatoms. The number of aromatic carboxylic acids is 1. The molecule has 0 atom stereocenters. The molecule has 1 N–H and O–H groups in total. The van der Waals surface area contributed by atoms with E-state index < -0.39 is 22.3 Å². The molecule has 0 unspecified atom stereocenters. The number of thiol groups is 1. The van der Waals surface area contributed by atoms with E-state index in [2.05, 4.69) is 4.74 Å². The second-order valence-corrected chi connectivity index (χ2v) is 11.8. The molecule has 0 radical (unpaired) electrons. The van der Waals surface area contributed by atoms with Crippen LogP contribution in [0, 0.1) is 6.92 Å². The molecule has 0 saturated carbocycles. The highest BCUT2D eigenvalue weighted by Crippen LogP contribution is 2.42. The van der Waals surface area contributed by atoms with Gasteiger partial charge in [-0.05, 0) is 65.9 Å². The van der Waals surface area contributed by atoms with Crippen molar-refractivity contribution in [3.8, 4) is 5.75 Å². The van der Waals surface area contributed by atoms with Crippen LogP contribution in [0.2, 0.25) is 0 Å². The molecule has 4 rings (SSSR count). The predicted octanol–water partition coefficient (Wildman–Crippen LogP) is 5.35. The van der Waals surface area contributed by atoms with Gasteiger partial charge in [0.05, 0.1) is 12.1 Å². The van der Waals surface area contributed by atoms with E-state index in [1.807, 2.05) is 31.2 Å². The quantitative estimate of drug-likeness (QED) is 0.255. The van der Waals surface area contributed by atoms with Gasteiger partial charge >= 0.3 is 12.3 Å². The Balaban J connectivity index is 1.77. The van der Waals surface area contributed by atoms with E-state index in [4.69, 9.17) is 0 Å². The summed E-state index contributed by atoms with van der Waals surface area (Å²) in [5.74, 6) is -1.42. The Kier molecular flexibility index (Phi) is 6.65. The summed E-state index contributed by atoms with van der Waals surface area (Å²) < 4.78 is 58.7. The van der Waals surface area contributed by atoms with Crippen LogP contribution < -0.4 is 9.04 Å². The normalized spacial score (nSPS) is 12.5. The molecule has 5 nitrogen and oxygen atoms in total. The van der Waals surface area contributed by atoms with E-state index in [0.29, 0.717) is 10.5 Å². The van der Waals surface area contributed by atoms with Crippen LogP contribution in [0.25, 0.3) is 10.1 Å². The van der Waals surface area contributed by atoms with Crippen molar-refractivity contribution in [2.75, 3.05) is 4.31 Å². The monoisotopic (exact) mass is 519 g/mol. The molecule has 3 aromatic carbocycles. The summed E-state index contributed by atoms with van der Waals surface area (Å²) in [5.41, 5.74) is 1.66. The maximum atomic E-state index is 14.3. The van der Waals surface area contributed by atoms with Crippen LogP contribution in [0.3, 0.4) is 0 Å². The fourth-order valence-electron chi connectivity index (χ4n) is 3.78. The van der Waals surface area contributed by atoms with Crippen molar-refractivity contribution in [2.24, 2.45) is 0 Å². The number of benzene rings is 3. The molecule has 0 spiro atoms. The van der Waals surface area contributed by atoms with E-state index in [1.165, 1.54) is 47.7 Å². The first-order valence-electron chi connectivity index (χ1n) is 10.5.